The molecule has 3 nitrogen and oxygen atoms in total. The Balaban J connectivity index is 2.59. The molecule has 0 fully saturated rings. The third-order valence-electron chi connectivity index (χ3n) is 2.31. The highest BCUT2D eigenvalue weighted by atomic mass is 19.2. The zero-order valence-corrected chi connectivity index (χ0v) is 8.95. The molecule has 2 atom stereocenters. The Bertz CT molecular complexity index is 347. The number of halogens is 2. The van der Waals surface area contributed by atoms with Crippen LogP contribution in [0.3, 0.4) is 0 Å². The van der Waals surface area contributed by atoms with Crippen LogP contribution in [0.2, 0.25) is 0 Å². The molecule has 0 saturated carbocycles. The van der Waals surface area contributed by atoms with Gasteiger partial charge in [-0.1, -0.05) is 6.07 Å². The summed E-state index contributed by atoms with van der Waals surface area (Å²) in [5, 5.41) is 20.6. The minimum Gasteiger partial charge on any atom is -0.394 e. The van der Waals surface area contributed by atoms with Gasteiger partial charge in [0.2, 0.25) is 0 Å². The van der Waals surface area contributed by atoms with E-state index in [0.717, 1.165) is 12.1 Å². The van der Waals surface area contributed by atoms with E-state index in [9.17, 15) is 8.78 Å². The van der Waals surface area contributed by atoms with E-state index < -0.39 is 17.7 Å². The molecule has 3 N–H and O–H groups in total. The molecule has 0 aliphatic rings. The van der Waals surface area contributed by atoms with Crippen LogP contribution in [-0.2, 0) is 0 Å². The van der Waals surface area contributed by atoms with Gasteiger partial charge in [-0.2, -0.15) is 0 Å². The normalized spacial score (nSPS) is 14.8. The van der Waals surface area contributed by atoms with Crippen LogP contribution in [-0.4, -0.2) is 29.5 Å². The highest BCUT2D eigenvalue weighted by molar-refractivity contribution is 5.20. The van der Waals surface area contributed by atoms with Crippen molar-refractivity contribution in [2.45, 2.75) is 19.1 Å². The summed E-state index contributed by atoms with van der Waals surface area (Å²) in [4.78, 5) is 0. The van der Waals surface area contributed by atoms with Gasteiger partial charge in [0.25, 0.3) is 0 Å². The molecular weight excluding hydrogens is 216 g/mol. The first-order valence-electron chi connectivity index (χ1n) is 5.02. The van der Waals surface area contributed by atoms with Crippen molar-refractivity contribution < 1.29 is 19.0 Å². The Morgan fingerprint density at radius 2 is 2.00 bits per heavy atom. The minimum absolute atomic E-state index is 0.191. The molecule has 16 heavy (non-hydrogen) atoms. The van der Waals surface area contributed by atoms with Crippen molar-refractivity contribution in [2.75, 3.05) is 13.2 Å². The fourth-order valence-corrected chi connectivity index (χ4v) is 1.28. The van der Waals surface area contributed by atoms with Gasteiger partial charge in [-0.05, 0) is 24.6 Å². The maximum atomic E-state index is 12.9. The van der Waals surface area contributed by atoms with Gasteiger partial charge in [-0.3, -0.25) is 0 Å². The van der Waals surface area contributed by atoms with Crippen LogP contribution >= 0.6 is 0 Å². The molecule has 0 saturated heterocycles. The summed E-state index contributed by atoms with van der Waals surface area (Å²) in [6, 6.07) is 3.42. The molecule has 0 amide bonds. The molecule has 1 rings (SSSR count). The van der Waals surface area contributed by atoms with Gasteiger partial charge in [-0.25, -0.2) is 8.78 Å². The van der Waals surface area contributed by atoms with Gasteiger partial charge in [0.05, 0.1) is 12.7 Å². The average molecular weight is 231 g/mol. The molecule has 90 valence electrons. The van der Waals surface area contributed by atoms with Crippen LogP contribution in [0.4, 0.5) is 8.78 Å². The predicted octanol–water partition coefficient (Wildman–Crippen LogP) is 0.969. The topological polar surface area (TPSA) is 52.5 Å². The molecule has 0 aromatic heterocycles. The Kier molecular flexibility index (Phi) is 4.79. The Morgan fingerprint density at radius 1 is 1.31 bits per heavy atom. The third-order valence-corrected chi connectivity index (χ3v) is 2.31. The number of hydrogen-bond donors (Lipinski definition) is 3. The largest absolute Gasteiger partial charge is 0.394 e. The number of aliphatic hydroxyl groups is 2. The molecule has 5 heteroatoms. The summed E-state index contributed by atoms with van der Waals surface area (Å²) >= 11 is 0. The second kappa shape index (κ2) is 5.89. The zero-order chi connectivity index (χ0) is 12.1. The number of benzene rings is 1. The lowest BCUT2D eigenvalue weighted by atomic mass is 10.1. The van der Waals surface area contributed by atoms with Crippen LogP contribution in [0.1, 0.15) is 18.5 Å². The van der Waals surface area contributed by atoms with Crippen molar-refractivity contribution in [3.8, 4) is 0 Å². The third kappa shape index (κ3) is 3.52. The molecule has 0 aliphatic heterocycles. The van der Waals surface area contributed by atoms with Crippen LogP contribution in [0, 0.1) is 11.6 Å². The van der Waals surface area contributed by atoms with Crippen LogP contribution in [0.15, 0.2) is 18.2 Å². The van der Waals surface area contributed by atoms with Gasteiger partial charge in [0.15, 0.2) is 11.6 Å². The summed E-state index contributed by atoms with van der Waals surface area (Å²) < 4.78 is 25.6. The average Bonchev–Trinajstić information content (AvgIpc) is 2.29. The maximum absolute atomic E-state index is 12.9. The van der Waals surface area contributed by atoms with Crippen LogP contribution in [0.25, 0.3) is 0 Å². The smallest absolute Gasteiger partial charge is 0.159 e. The molecule has 1 aromatic carbocycles. The first-order valence-corrected chi connectivity index (χ1v) is 5.02. The number of hydrogen-bond acceptors (Lipinski definition) is 3. The Hall–Kier alpha value is -1.04. The monoisotopic (exact) mass is 231 g/mol. The lowest BCUT2D eigenvalue weighted by Crippen LogP contribution is -2.31. The SMILES string of the molecule is CC(NCC(O)CO)c1ccc(F)c(F)c1. The van der Waals surface area contributed by atoms with E-state index in [-0.39, 0.29) is 19.2 Å². The maximum Gasteiger partial charge on any atom is 0.159 e. The fraction of sp³-hybridized carbons (Fsp3) is 0.455. The van der Waals surface area contributed by atoms with Crippen molar-refractivity contribution in [1.82, 2.24) is 5.32 Å². The highest BCUT2D eigenvalue weighted by Gasteiger charge is 2.10. The first-order chi connectivity index (χ1) is 7.54. The van der Waals surface area contributed by atoms with Crippen molar-refractivity contribution >= 4 is 0 Å². The quantitative estimate of drug-likeness (QED) is 0.707. The molecule has 0 heterocycles. The predicted molar refractivity (Wildman–Crippen MR) is 55.9 cm³/mol. The summed E-state index contributed by atoms with van der Waals surface area (Å²) in [5.41, 5.74) is 0.587. The number of nitrogens with one attached hydrogen (secondary N) is 1. The second-order valence-corrected chi connectivity index (χ2v) is 3.64. The van der Waals surface area contributed by atoms with Crippen molar-refractivity contribution in [3.05, 3.63) is 35.4 Å². The van der Waals surface area contributed by atoms with Crippen molar-refractivity contribution in [1.29, 1.82) is 0 Å². The lowest BCUT2D eigenvalue weighted by Gasteiger charge is -2.16. The van der Waals surface area contributed by atoms with E-state index in [0.29, 0.717) is 5.56 Å². The molecule has 0 bridgehead atoms. The first kappa shape index (κ1) is 13.0. The number of rotatable bonds is 5. The summed E-state index contributed by atoms with van der Waals surface area (Å²) in [6.07, 6.45) is -0.854. The lowest BCUT2D eigenvalue weighted by molar-refractivity contribution is 0.0924. The molecule has 0 spiro atoms. The van der Waals surface area contributed by atoms with E-state index in [1.165, 1.54) is 6.07 Å². The van der Waals surface area contributed by atoms with Gasteiger partial charge >= 0.3 is 0 Å². The van der Waals surface area contributed by atoms with Gasteiger partial charge in [0.1, 0.15) is 0 Å². The molecule has 2 unspecified atom stereocenters. The van der Waals surface area contributed by atoms with E-state index in [4.69, 9.17) is 10.2 Å². The Morgan fingerprint density at radius 3 is 2.56 bits per heavy atom. The van der Waals surface area contributed by atoms with Gasteiger partial charge < -0.3 is 15.5 Å². The van der Waals surface area contributed by atoms with E-state index in [1.54, 1.807) is 6.92 Å². The van der Waals surface area contributed by atoms with Crippen molar-refractivity contribution in [3.63, 3.8) is 0 Å². The molecule has 0 aliphatic carbocycles. The van der Waals surface area contributed by atoms with Crippen LogP contribution in [0.5, 0.6) is 0 Å². The van der Waals surface area contributed by atoms with E-state index in [1.807, 2.05) is 0 Å². The summed E-state index contributed by atoms with van der Waals surface area (Å²) in [7, 11) is 0. The molecular formula is C11H15F2NO2. The molecule has 1 aromatic rings. The zero-order valence-electron chi connectivity index (χ0n) is 8.95. The summed E-state index contributed by atoms with van der Waals surface area (Å²) in [5.74, 6) is -1.78. The standard InChI is InChI=1S/C11H15F2NO2/c1-7(14-5-9(16)6-15)8-2-3-10(12)11(13)4-8/h2-4,7,9,14-16H,5-6H2,1H3. The van der Waals surface area contributed by atoms with Gasteiger partial charge in [-0.15, -0.1) is 0 Å². The second-order valence-electron chi connectivity index (χ2n) is 3.64. The van der Waals surface area contributed by atoms with Crippen LogP contribution < -0.4 is 5.32 Å². The number of aliphatic hydroxyl groups excluding tert-OH is 2. The highest BCUT2D eigenvalue weighted by Crippen LogP contribution is 2.15. The molecule has 0 radical (unpaired) electrons. The van der Waals surface area contributed by atoms with E-state index in [2.05, 4.69) is 5.32 Å². The van der Waals surface area contributed by atoms with E-state index >= 15 is 0 Å². The Labute approximate surface area is 92.7 Å². The fourth-order valence-electron chi connectivity index (χ4n) is 1.28. The van der Waals surface area contributed by atoms with Gasteiger partial charge in [0, 0.05) is 12.6 Å². The van der Waals surface area contributed by atoms with Crippen molar-refractivity contribution in [2.24, 2.45) is 0 Å². The minimum atomic E-state index is -0.895. The summed E-state index contributed by atoms with van der Waals surface area (Å²) in [6.45, 7) is 1.62.